The maximum atomic E-state index is 12.8. The van der Waals surface area contributed by atoms with Crippen molar-refractivity contribution in [3.63, 3.8) is 0 Å². The normalized spacial score (nSPS) is 15.1. The van der Waals surface area contributed by atoms with E-state index in [1.165, 1.54) is 4.31 Å². The highest BCUT2D eigenvalue weighted by Gasteiger charge is 2.32. The van der Waals surface area contributed by atoms with Gasteiger partial charge in [0.25, 0.3) is 0 Å². The van der Waals surface area contributed by atoms with E-state index in [4.69, 9.17) is 4.74 Å². The van der Waals surface area contributed by atoms with E-state index in [0.29, 0.717) is 18.5 Å². The molecule has 0 bridgehead atoms. The van der Waals surface area contributed by atoms with Gasteiger partial charge in [-0.25, -0.2) is 13.2 Å². The molecule has 1 aromatic heterocycles. The van der Waals surface area contributed by atoms with Crippen molar-refractivity contribution in [2.75, 3.05) is 13.2 Å². The number of benzene rings is 1. The third kappa shape index (κ3) is 2.94. The highest BCUT2D eigenvalue weighted by molar-refractivity contribution is 7.89. The molecule has 0 radical (unpaired) electrons. The zero-order valence-electron chi connectivity index (χ0n) is 13.6. The molecule has 0 atom stereocenters. The Morgan fingerprint density at radius 2 is 2.04 bits per heavy atom. The van der Waals surface area contributed by atoms with E-state index in [0.717, 1.165) is 11.3 Å². The predicted molar refractivity (Wildman–Crippen MR) is 87.0 cm³/mol. The molecule has 3 rings (SSSR count). The van der Waals surface area contributed by atoms with Crippen LogP contribution in [-0.4, -0.2) is 42.0 Å². The Labute approximate surface area is 140 Å². The first-order valence-electron chi connectivity index (χ1n) is 7.73. The zero-order chi connectivity index (χ0) is 17.3. The molecule has 0 aliphatic carbocycles. The zero-order valence-corrected chi connectivity index (χ0v) is 14.4. The number of esters is 1. The van der Waals surface area contributed by atoms with Crippen LogP contribution < -0.4 is 0 Å². The lowest BCUT2D eigenvalue weighted by molar-refractivity contribution is 0.0517. The van der Waals surface area contributed by atoms with Crippen molar-refractivity contribution < 1.29 is 17.9 Å². The van der Waals surface area contributed by atoms with Crippen LogP contribution in [0.3, 0.4) is 0 Å². The number of sulfonamides is 1. The van der Waals surface area contributed by atoms with Crippen LogP contribution in [-0.2, 0) is 27.7 Å². The van der Waals surface area contributed by atoms with E-state index in [1.807, 2.05) is 6.92 Å². The molecule has 8 heteroatoms. The molecule has 0 unspecified atom stereocenters. The van der Waals surface area contributed by atoms with Crippen LogP contribution in [0, 0.1) is 6.92 Å². The molecule has 0 amide bonds. The Morgan fingerprint density at radius 3 is 2.71 bits per heavy atom. The van der Waals surface area contributed by atoms with Gasteiger partial charge in [0.1, 0.15) is 0 Å². The Balaban J connectivity index is 1.90. The maximum absolute atomic E-state index is 12.8. The molecular weight excluding hydrogens is 330 g/mol. The van der Waals surface area contributed by atoms with Crippen molar-refractivity contribution in [1.29, 1.82) is 0 Å². The van der Waals surface area contributed by atoms with Crippen molar-refractivity contribution in [2.45, 2.75) is 31.7 Å². The van der Waals surface area contributed by atoms with E-state index in [2.05, 4.69) is 10.2 Å². The molecule has 2 aromatic rings. The Hall–Kier alpha value is -2.19. The molecule has 1 aliphatic heterocycles. The summed E-state index contributed by atoms with van der Waals surface area (Å²) in [6, 6.07) is 6.73. The summed E-state index contributed by atoms with van der Waals surface area (Å²) in [6.45, 7) is 4.31. The average molecular weight is 349 g/mol. The minimum atomic E-state index is -3.61. The smallest absolute Gasteiger partial charge is 0.359 e. The SMILES string of the molecule is CCOC(=O)c1n[nH]c2c1CN(S(=O)(=O)c1ccc(C)cc1)CC2. The third-order valence-electron chi connectivity index (χ3n) is 4.03. The van der Waals surface area contributed by atoms with E-state index in [9.17, 15) is 13.2 Å². The first-order valence-corrected chi connectivity index (χ1v) is 9.17. The second-order valence-electron chi connectivity index (χ2n) is 5.65. The van der Waals surface area contributed by atoms with Gasteiger partial charge in [0, 0.05) is 30.8 Å². The summed E-state index contributed by atoms with van der Waals surface area (Å²) in [4.78, 5) is 12.2. The van der Waals surface area contributed by atoms with Crippen molar-refractivity contribution in [2.24, 2.45) is 0 Å². The third-order valence-corrected chi connectivity index (χ3v) is 5.89. The molecule has 1 aromatic carbocycles. The molecular formula is C16H19N3O4S. The lowest BCUT2D eigenvalue weighted by Crippen LogP contribution is -2.36. The van der Waals surface area contributed by atoms with Gasteiger partial charge in [-0.05, 0) is 26.0 Å². The summed E-state index contributed by atoms with van der Waals surface area (Å²) >= 11 is 0. The topological polar surface area (TPSA) is 92.4 Å². The minimum absolute atomic E-state index is 0.107. The average Bonchev–Trinajstić information content (AvgIpc) is 2.98. The number of carbonyl (C=O) groups excluding carboxylic acids is 1. The molecule has 0 saturated heterocycles. The van der Waals surface area contributed by atoms with Crippen molar-refractivity contribution in [3.05, 3.63) is 46.8 Å². The van der Waals surface area contributed by atoms with Gasteiger partial charge < -0.3 is 4.74 Å². The van der Waals surface area contributed by atoms with Gasteiger partial charge in [-0.2, -0.15) is 9.40 Å². The second kappa shape index (κ2) is 6.37. The molecule has 128 valence electrons. The number of nitrogens with one attached hydrogen (secondary N) is 1. The van der Waals surface area contributed by atoms with Crippen LogP contribution in [0.1, 0.15) is 34.2 Å². The van der Waals surface area contributed by atoms with Crippen LogP contribution in [0.5, 0.6) is 0 Å². The summed E-state index contributed by atoms with van der Waals surface area (Å²) in [5, 5.41) is 6.81. The summed E-state index contributed by atoms with van der Waals surface area (Å²) in [7, 11) is -3.61. The molecule has 2 heterocycles. The number of aryl methyl sites for hydroxylation is 1. The number of rotatable bonds is 4. The molecule has 1 N–H and O–H groups in total. The Kier molecular flexibility index (Phi) is 4.42. The lowest BCUT2D eigenvalue weighted by atomic mass is 10.1. The number of hydrogen-bond acceptors (Lipinski definition) is 5. The van der Waals surface area contributed by atoms with Crippen LogP contribution in [0.25, 0.3) is 0 Å². The first-order chi connectivity index (χ1) is 11.4. The molecule has 1 aliphatic rings. The molecule has 7 nitrogen and oxygen atoms in total. The summed E-state index contributed by atoms with van der Waals surface area (Å²) in [5.41, 5.74) is 2.54. The Morgan fingerprint density at radius 1 is 1.33 bits per heavy atom. The number of fused-ring (bicyclic) bond motifs is 1. The maximum Gasteiger partial charge on any atom is 0.359 e. The predicted octanol–water partition coefficient (Wildman–Crippen LogP) is 1.64. The molecule has 0 spiro atoms. The molecule has 24 heavy (non-hydrogen) atoms. The van der Waals surface area contributed by atoms with Crippen LogP contribution in [0.15, 0.2) is 29.2 Å². The number of aromatic amines is 1. The van der Waals surface area contributed by atoms with Crippen molar-refractivity contribution >= 4 is 16.0 Å². The lowest BCUT2D eigenvalue weighted by Gasteiger charge is -2.26. The van der Waals surface area contributed by atoms with Crippen molar-refractivity contribution in [1.82, 2.24) is 14.5 Å². The number of hydrogen-bond donors (Lipinski definition) is 1. The fraction of sp³-hybridized carbons (Fsp3) is 0.375. The monoisotopic (exact) mass is 349 g/mol. The van der Waals surface area contributed by atoms with Crippen LogP contribution in [0.4, 0.5) is 0 Å². The quantitative estimate of drug-likeness (QED) is 0.847. The molecule has 0 fully saturated rings. The highest BCUT2D eigenvalue weighted by atomic mass is 32.2. The van der Waals surface area contributed by atoms with E-state index in [1.54, 1.807) is 31.2 Å². The first kappa shape index (κ1) is 16.7. The standard InChI is InChI=1S/C16H19N3O4S/c1-3-23-16(20)15-13-10-19(9-8-14(13)17-18-15)24(21,22)12-6-4-11(2)5-7-12/h4-7H,3,8-10H2,1-2H3,(H,17,18). The van der Waals surface area contributed by atoms with Crippen LogP contribution in [0.2, 0.25) is 0 Å². The van der Waals surface area contributed by atoms with Gasteiger partial charge in [-0.15, -0.1) is 0 Å². The fourth-order valence-electron chi connectivity index (χ4n) is 2.70. The van der Waals surface area contributed by atoms with Gasteiger partial charge in [0.2, 0.25) is 10.0 Å². The summed E-state index contributed by atoms with van der Waals surface area (Å²) in [5.74, 6) is -0.537. The van der Waals surface area contributed by atoms with Gasteiger partial charge in [0.15, 0.2) is 5.69 Å². The van der Waals surface area contributed by atoms with Gasteiger partial charge in [-0.1, -0.05) is 17.7 Å². The number of carbonyl (C=O) groups is 1. The minimum Gasteiger partial charge on any atom is -0.461 e. The fourth-order valence-corrected chi connectivity index (χ4v) is 4.11. The van der Waals surface area contributed by atoms with Crippen molar-refractivity contribution in [3.8, 4) is 0 Å². The van der Waals surface area contributed by atoms with Gasteiger partial charge in [0.05, 0.1) is 11.5 Å². The number of nitrogens with zero attached hydrogens (tertiary/aromatic N) is 2. The van der Waals surface area contributed by atoms with Gasteiger partial charge >= 0.3 is 5.97 Å². The number of aromatic nitrogens is 2. The van der Waals surface area contributed by atoms with E-state index in [-0.39, 0.29) is 23.7 Å². The highest BCUT2D eigenvalue weighted by Crippen LogP contribution is 2.26. The van der Waals surface area contributed by atoms with E-state index < -0.39 is 16.0 Å². The van der Waals surface area contributed by atoms with E-state index >= 15 is 0 Å². The number of ether oxygens (including phenoxy) is 1. The summed E-state index contributed by atoms with van der Waals surface area (Å²) < 4.78 is 32.0. The summed E-state index contributed by atoms with van der Waals surface area (Å²) in [6.07, 6.45) is 0.479. The largest absolute Gasteiger partial charge is 0.461 e. The Bertz CT molecular complexity index is 856. The second-order valence-corrected chi connectivity index (χ2v) is 7.59. The number of H-pyrrole nitrogens is 1. The van der Waals surface area contributed by atoms with Crippen LogP contribution >= 0.6 is 0 Å². The van der Waals surface area contributed by atoms with Gasteiger partial charge in [-0.3, -0.25) is 5.10 Å². The molecule has 0 saturated carbocycles.